The van der Waals surface area contributed by atoms with Crippen molar-refractivity contribution in [3.8, 4) is 0 Å². The number of fused-ring (bicyclic) bond motifs is 1. The van der Waals surface area contributed by atoms with Gasteiger partial charge in [-0.2, -0.15) is 0 Å². The third-order valence-corrected chi connectivity index (χ3v) is 6.31. The average Bonchev–Trinajstić information content (AvgIpc) is 2.75. The summed E-state index contributed by atoms with van der Waals surface area (Å²) in [6.45, 7) is 1.66. The van der Waals surface area contributed by atoms with Gasteiger partial charge in [0, 0.05) is 44.1 Å². The molecule has 32 heavy (non-hydrogen) atoms. The lowest BCUT2D eigenvalue weighted by molar-refractivity contribution is -0.384. The summed E-state index contributed by atoms with van der Waals surface area (Å²) in [4.78, 5) is 54.2. The molecule has 170 valence electrons. The molecule has 0 N–H and O–H groups in total. The number of unbranched alkanes of at least 4 members (excludes halogenated alkanes) is 1. The Morgan fingerprint density at radius 3 is 2.53 bits per heavy atom. The van der Waals surface area contributed by atoms with Gasteiger partial charge in [-0.05, 0) is 31.4 Å². The standard InChI is InChI=1S/C21H22Cl2N4O5/c1-11-16(15(28)6-4-5-9-22)17(12-7-8-13(23)14(10-12)27(31)32)18-19(24-11)25(2)21(30)26(3)20(18)29/h7-8,10,16-17H,4-6,9H2,1-3H3. The topological polar surface area (TPSA) is 117 Å². The van der Waals surface area contributed by atoms with Crippen LogP contribution in [0.25, 0.3) is 0 Å². The van der Waals surface area contributed by atoms with Gasteiger partial charge in [0.15, 0.2) is 0 Å². The fraction of sp³-hybridized carbons (Fsp3) is 0.429. The molecule has 0 saturated heterocycles. The molecule has 1 aliphatic heterocycles. The Morgan fingerprint density at radius 2 is 1.91 bits per heavy atom. The maximum Gasteiger partial charge on any atom is 0.332 e. The van der Waals surface area contributed by atoms with Crippen LogP contribution in [0.4, 0.5) is 11.5 Å². The van der Waals surface area contributed by atoms with Gasteiger partial charge >= 0.3 is 5.69 Å². The molecule has 2 atom stereocenters. The molecule has 9 nitrogen and oxygen atoms in total. The molecule has 1 aliphatic rings. The smallest absolute Gasteiger partial charge is 0.299 e. The summed E-state index contributed by atoms with van der Waals surface area (Å²) in [6, 6.07) is 4.21. The Kier molecular flexibility index (Phi) is 7.00. The molecule has 3 rings (SSSR count). The lowest BCUT2D eigenvalue weighted by Crippen LogP contribution is -2.44. The fourth-order valence-corrected chi connectivity index (χ4v) is 4.48. The number of nitro groups is 1. The van der Waals surface area contributed by atoms with E-state index in [1.807, 2.05) is 0 Å². The summed E-state index contributed by atoms with van der Waals surface area (Å²) >= 11 is 11.7. The third-order valence-electron chi connectivity index (χ3n) is 5.72. The first-order valence-electron chi connectivity index (χ1n) is 9.97. The molecule has 1 aromatic carbocycles. The van der Waals surface area contributed by atoms with Gasteiger partial charge in [0.25, 0.3) is 11.2 Å². The van der Waals surface area contributed by atoms with Crippen LogP contribution in [-0.2, 0) is 18.9 Å². The SMILES string of the molecule is CC1=Nc2c(c(=O)n(C)c(=O)n2C)C(c2ccc(Cl)c([N+](=O)[O-])c2)C1C(=O)CCCCCl. The molecule has 1 aromatic heterocycles. The van der Waals surface area contributed by atoms with Crippen molar-refractivity contribution in [1.82, 2.24) is 9.13 Å². The lowest BCUT2D eigenvalue weighted by atomic mass is 9.74. The van der Waals surface area contributed by atoms with Crippen molar-refractivity contribution in [3.05, 3.63) is 65.3 Å². The summed E-state index contributed by atoms with van der Waals surface area (Å²) < 4.78 is 2.19. The number of carbonyl (C=O) groups excluding carboxylic acids is 1. The van der Waals surface area contributed by atoms with Crippen molar-refractivity contribution in [3.63, 3.8) is 0 Å². The zero-order valence-electron chi connectivity index (χ0n) is 17.8. The van der Waals surface area contributed by atoms with Gasteiger partial charge in [0.05, 0.1) is 16.4 Å². The van der Waals surface area contributed by atoms with E-state index in [4.69, 9.17) is 23.2 Å². The first-order chi connectivity index (χ1) is 15.1. The summed E-state index contributed by atoms with van der Waals surface area (Å²) in [7, 11) is 2.83. The number of aliphatic imine (C=N–C) groups is 1. The highest BCUT2D eigenvalue weighted by Crippen LogP contribution is 2.42. The zero-order valence-corrected chi connectivity index (χ0v) is 19.3. The highest BCUT2D eigenvalue weighted by Gasteiger charge is 2.41. The molecule has 0 saturated carbocycles. The highest BCUT2D eigenvalue weighted by atomic mass is 35.5. The van der Waals surface area contributed by atoms with Gasteiger partial charge in [-0.15, -0.1) is 11.6 Å². The number of Topliss-reactive ketones (excluding diaryl/α,β-unsaturated/α-hetero) is 1. The van der Waals surface area contributed by atoms with Gasteiger partial charge in [-0.25, -0.2) is 9.79 Å². The molecule has 0 aliphatic carbocycles. The number of rotatable bonds is 7. The van der Waals surface area contributed by atoms with Crippen LogP contribution < -0.4 is 11.2 Å². The lowest BCUT2D eigenvalue weighted by Gasteiger charge is -2.32. The van der Waals surface area contributed by atoms with Crippen LogP contribution in [0.2, 0.25) is 5.02 Å². The molecule has 2 unspecified atom stereocenters. The first kappa shape index (κ1) is 23.9. The number of nitro benzene ring substituents is 1. The van der Waals surface area contributed by atoms with Crippen molar-refractivity contribution >= 4 is 46.2 Å². The quantitative estimate of drug-likeness (QED) is 0.260. The van der Waals surface area contributed by atoms with Crippen LogP contribution >= 0.6 is 23.2 Å². The molecule has 2 heterocycles. The predicted octanol–water partition coefficient (Wildman–Crippen LogP) is 3.48. The molecular formula is C21H22Cl2N4O5. The number of aromatic nitrogens is 2. The Morgan fingerprint density at radius 1 is 1.22 bits per heavy atom. The maximum atomic E-state index is 13.2. The van der Waals surface area contributed by atoms with E-state index >= 15 is 0 Å². The van der Waals surface area contributed by atoms with E-state index in [0.717, 1.165) is 4.57 Å². The number of halogens is 2. The zero-order chi connectivity index (χ0) is 23.7. The van der Waals surface area contributed by atoms with E-state index in [-0.39, 0.29) is 34.3 Å². The minimum Gasteiger partial charge on any atom is -0.299 e. The van der Waals surface area contributed by atoms with Crippen molar-refractivity contribution < 1.29 is 9.72 Å². The fourth-order valence-electron chi connectivity index (χ4n) is 4.10. The van der Waals surface area contributed by atoms with Gasteiger partial charge in [-0.1, -0.05) is 17.7 Å². The molecule has 0 spiro atoms. The Balaban J connectivity index is 2.31. The largest absolute Gasteiger partial charge is 0.332 e. The van der Waals surface area contributed by atoms with E-state index in [0.29, 0.717) is 30.0 Å². The average molecular weight is 481 g/mol. The Labute approximate surface area is 193 Å². The van der Waals surface area contributed by atoms with Crippen molar-refractivity contribution in [2.24, 2.45) is 25.0 Å². The van der Waals surface area contributed by atoms with Crippen LogP contribution in [0.5, 0.6) is 0 Å². The van der Waals surface area contributed by atoms with Crippen LogP contribution in [0.1, 0.15) is 43.2 Å². The Bertz CT molecular complexity index is 1250. The second-order valence-corrected chi connectivity index (χ2v) is 8.52. The highest BCUT2D eigenvalue weighted by molar-refractivity contribution is 6.32. The molecule has 11 heteroatoms. The second-order valence-electron chi connectivity index (χ2n) is 7.73. The minimum atomic E-state index is -0.854. The minimum absolute atomic E-state index is 0.0569. The van der Waals surface area contributed by atoms with E-state index in [2.05, 4.69) is 4.99 Å². The number of hydrogen-bond acceptors (Lipinski definition) is 6. The van der Waals surface area contributed by atoms with Crippen LogP contribution in [0.15, 0.2) is 32.8 Å². The van der Waals surface area contributed by atoms with E-state index in [9.17, 15) is 24.5 Å². The number of alkyl halides is 1. The summed E-state index contributed by atoms with van der Waals surface area (Å²) in [6.07, 6.45) is 1.44. The maximum absolute atomic E-state index is 13.2. The van der Waals surface area contributed by atoms with Crippen LogP contribution in [-0.4, -0.2) is 31.4 Å². The van der Waals surface area contributed by atoms with Crippen molar-refractivity contribution in [2.45, 2.75) is 32.1 Å². The molecule has 0 bridgehead atoms. The van der Waals surface area contributed by atoms with E-state index < -0.39 is 28.0 Å². The third kappa shape index (κ3) is 4.14. The number of benzene rings is 1. The van der Waals surface area contributed by atoms with Gasteiger partial charge < -0.3 is 0 Å². The van der Waals surface area contributed by atoms with Crippen molar-refractivity contribution in [1.29, 1.82) is 0 Å². The number of hydrogen-bond donors (Lipinski definition) is 0. The second kappa shape index (κ2) is 9.38. The molecule has 0 amide bonds. The molecular weight excluding hydrogens is 459 g/mol. The number of carbonyl (C=O) groups is 1. The number of nitrogens with zero attached hydrogens (tertiary/aromatic N) is 4. The van der Waals surface area contributed by atoms with Crippen LogP contribution in [0, 0.1) is 16.0 Å². The molecule has 0 fully saturated rings. The van der Waals surface area contributed by atoms with Crippen molar-refractivity contribution in [2.75, 3.05) is 5.88 Å². The number of ketones is 1. The monoisotopic (exact) mass is 480 g/mol. The van der Waals surface area contributed by atoms with Gasteiger partial charge in [-0.3, -0.25) is 28.8 Å². The van der Waals surface area contributed by atoms with E-state index in [1.165, 1.54) is 30.8 Å². The molecule has 0 radical (unpaired) electrons. The summed E-state index contributed by atoms with van der Waals surface area (Å²) in [5.74, 6) is -1.26. The summed E-state index contributed by atoms with van der Waals surface area (Å²) in [5.41, 5.74) is -0.533. The van der Waals surface area contributed by atoms with Gasteiger partial charge in [0.2, 0.25) is 0 Å². The van der Waals surface area contributed by atoms with E-state index in [1.54, 1.807) is 13.0 Å². The summed E-state index contributed by atoms with van der Waals surface area (Å²) in [5, 5.41) is 11.4. The predicted molar refractivity (Wildman–Crippen MR) is 123 cm³/mol. The Hall–Kier alpha value is -2.78. The van der Waals surface area contributed by atoms with Gasteiger partial charge in [0.1, 0.15) is 16.6 Å². The first-order valence-corrected chi connectivity index (χ1v) is 10.9. The normalized spacial score (nSPS) is 17.6. The van der Waals surface area contributed by atoms with Crippen LogP contribution in [0.3, 0.4) is 0 Å². The molecule has 2 aromatic rings.